The standard InChI is InChI=1S/C31H37N5O3S2/c1-23-19-24(33-25(8-9-32)22-35-10-14-38-15-11-35)5-4-18-40-31-27(6-2-3-7-29(31)41-23)28-20-26(21-30(37)34-28)36-12-16-39-17-13-36/h2,4-7,19-21,25,33H,1,3,8,10-18,22H2,(H,34,37)/b5-4-,24-19+. The Kier molecular flexibility index (Phi) is 10.7. The molecule has 5 rings (SSSR count). The number of fused-ring (bicyclic) bond motifs is 1. The third-order valence-corrected chi connectivity index (χ3v) is 9.34. The van der Waals surface area contributed by atoms with Crippen molar-refractivity contribution in [2.75, 3.05) is 69.8 Å². The van der Waals surface area contributed by atoms with Crippen LogP contribution in [-0.2, 0) is 9.47 Å². The highest BCUT2D eigenvalue weighted by molar-refractivity contribution is 8.10. The van der Waals surface area contributed by atoms with Crippen molar-refractivity contribution in [2.24, 2.45) is 0 Å². The predicted molar refractivity (Wildman–Crippen MR) is 170 cm³/mol. The highest BCUT2D eigenvalue weighted by Crippen LogP contribution is 2.43. The van der Waals surface area contributed by atoms with Gasteiger partial charge in [-0.15, -0.1) is 11.8 Å². The summed E-state index contributed by atoms with van der Waals surface area (Å²) in [7, 11) is 0. The summed E-state index contributed by atoms with van der Waals surface area (Å²) in [6.07, 6.45) is 14.0. The highest BCUT2D eigenvalue weighted by atomic mass is 32.2. The van der Waals surface area contributed by atoms with Gasteiger partial charge in [-0.2, -0.15) is 5.26 Å². The molecule has 216 valence electrons. The Morgan fingerprint density at radius 1 is 1.10 bits per heavy atom. The molecular weight excluding hydrogens is 555 g/mol. The zero-order chi connectivity index (χ0) is 28.4. The maximum absolute atomic E-state index is 12.8. The molecule has 3 aliphatic heterocycles. The predicted octanol–water partition coefficient (Wildman–Crippen LogP) is 4.40. The number of morpholine rings is 2. The molecule has 10 heteroatoms. The van der Waals surface area contributed by atoms with E-state index < -0.39 is 0 Å². The number of rotatable bonds is 7. The number of hydrogen-bond acceptors (Lipinski definition) is 9. The van der Waals surface area contributed by atoms with Gasteiger partial charge >= 0.3 is 0 Å². The summed E-state index contributed by atoms with van der Waals surface area (Å²) >= 11 is 3.40. The largest absolute Gasteiger partial charge is 0.380 e. The number of nitriles is 1. The van der Waals surface area contributed by atoms with Crippen molar-refractivity contribution in [1.82, 2.24) is 15.2 Å². The summed E-state index contributed by atoms with van der Waals surface area (Å²) in [5.74, 6) is 0.760. The molecule has 0 bridgehead atoms. The van der Waals surface area contributed by atoms with Crippen LogP contribution in [0.1, 0.15) is 18.5 Å². The van der Waals surface area contributed by atoms with Crippen molar-refractivity contribution in [2.45, 2.75) is 18.9 Å². The maximum Gasteiger partial charge on any atom is 0.250 e. The number of nitrogens with zero attached hydrogens (tertiary/aromatic N) is 3. The van der Waals surface area contributed by atoms with Gasteiger partial charge in [0.25, 0.3) is 0 Å². The Bertz CT molecular complexity index is 1360. The zero-order valence-electron chi connectivity index (χ0n) is 23.3. The molecule has 0 saturated carbocycles. The molecule has 0 radical (unpaired) electrons. The van der Waals surface area contributed by atoms with E-state index in [1.165, 1.54) is 0 Å². The van der Waals surface area contributed by atoms with Gasteiger partial charge in [0.05, 0.1) is 50.7 Å². The number of ether oxygens (including phenoxy) is 2. The number of aromatic nitrogens is 1. The minimum absolute atomic E-state index is 0.0151. The molecule has 4 heterocycles. The molecule has 0 spiro atoms. The number of hydrogen-bond donors (Lipinski definition) is 2. The number of thioether (sulfide) groups is 2. The average molecular weight is 592 g/mol. The Labute approximate surface area is 250 Å². The lowest BCUT2D eigenvalue weighted by Crippen LogP contribution is -2.45. The first kappa shape index (κ1) is 29.5. The van der Waals surface area contributed by atoms with Crippen molar-refractivity contribution >= 4 is 34.8 Å². The van der Waals surface area contributed by atoms with E-state index in [1.807, 2.05) is 0 Å². The fourth-order valence-corrected chi connectivity index (χ4v) is 7.25. The smallest absolute Gasteiger partial charge is 0.250 e. The Morgan fingerprint density at radius 2 is 1.88 bits per heavy atom. The Hall–Kier alpha value is -2.94. The first-order valence-electron chi connectivity index (χ1n) is 14.1. The van der Waals surface area contributed by atoms with Crippen molar-refractivity contribution in [3.8, 4) is 6.07 Å². The summed E-state index contributed by atoms with van der Waals surface area (Å²) in [4.78, 5) is 23.6. The average Bonchev–Trinajstić information content (AvgIpc) is 3.18. The molecule has 0 aromatic carbocycles. The van der Waals surface area contributed by atoms with E-state index in [2.05, 4.69) is 75.3 Å². The minimum atomic E-state index is -0.107. The van der Waals surface area contributed by atoms with Crippen molar-refractivity contribution in [3.05, 3.63) is 91.6 Å². The van der Waals surface area contributed by atoms with Crippen LogP contribution in [0.2, 0.25) is 0 Å². The maximum atomic E-state index is 12.8. The Morgan fingerprint density at radius 3 is 2.66 bits per heavy atom. The summed E-state index contributed by atoms with van der Waals surface area (Å²) < 4.78 is 11.0. The van der Waals surface area contributed by atoms with Gasteiger partial charge in [0, 0.05) is 76.2 Å². The molecule has 1 aliphatic carbocycles. The number of pyridine rings is 1. The van der Waals surface area contributed by atoms with Crippen LogP contribution in [0, 0.1) is 11.3 Å². The second-order valence-electron chi connectivity index (χ2n) is 10.2. The first-order chi connectivity index (χ1) is 20.1. The summed E-state index contributed by atoms with van der Waals surface area (Å²) in [5.41, 5.74) is 3.61. The SMILES string of the molecule is C=C1/C=C(NC(CC#N)CN2CCOCC2)\C=C/CSC2=C(c3cc(N4CCOCC4)cc(=O)[nH]3)C=CCC=C2S1. The van der Waals surface area contributed by atoms with Crippen LogP contribution in [0.25, 0.3) is 5.57 Å². The van der Waals surface area contributed by atoms with Gasteiger partial charge in [-0.05, 0) is 24.6 Å². The van der Waals surface area contributed by atoms with Gasteiger partial charge in [-0.25, -0.2) is 0 Å². The fourth-order valence-electron chi connectivity index (χ4n) is 5.18. The van der Waals surface area contributed by atoms with Crippen LogP contribution in [0.4, 0.5) is 5.69 Å². The lowest BCUT2D eigenvalue weighted by Gasteiger charge is -2.30. The summed E-state index contributed by atoms with van der Waals surface area (Å²) in [6.45, 7) is 11.3. The summed E-state index contributed by atoms with van der Waals surface area (Å²) in [5, 5.41) is 13.1. The Balaban J connectivity index is 1.38. The second-order valence-corrected chi connectivity index (χ2v) is 12.4. The first-order valence-corrected chi connectivity index (χ1v) is 15.9. The van der Waals surface area contributed by atoms with Crippen molar-refractivity contribution in [1.29, 1.82) is 5.26 Å². The second kappa shape index (κ2) is 14.8. The van der Waals surface area contributed by atoms with Crippen LogP contribution >= 0.6 is 23.5 Å². The van der Waals surface area contributed by atoms with Gasteiger partial charge < -0.3 is 24.7 Å². The molecule has 8 nitrogen and oxygen atoms in total. The van der Waals surface area contributed by atoms with Crippen molar-refractivity contribution in [3.63, 3.8) is 0 Å². The molecule has 0 amide bonds. The minimum Gasteiger partial charge on any atom is -0.380 e. The molecule has 1 atom stereocenters. The van der Waals surface area contributed by atoms with Crippen LogP contribution in [-0.4, -0.2) is 80.8 Å². The third-order valence-electron chi connectivity index (χ3n) is 7.16. The van der Waals surface area contributed by atoms with Gasteiger partial charge in [-0.3, -0.25) is 9.69 Å². The zero-order valence-corrected chi connectivity index (χ0v) is 24.9. The molecule has 2 N–H and O–H groups in total. The summed E-state index contributed by atoms with van der Waals surface area (Å²) in [6, 6.07) is 6.12. The topological polar surface area (TPSA) is 93.6 Å². The van der Waals surface area contributed by atoms with Gasteiger partial charge in [0.15, 0.2) is 0 Å². The number of H-pyrrole nitrogens is 1. The van der Waals surface area contributed by atoms with E-state index in [9.17, 15) is 10.1 Å². The quantitative estimate of drug-likeness (QED) is 0.479. The monoisotopic (exact) mass is 591 g/mol. The van der Waals surface area contributed by atoms with E-state index in [0.29, 0.717) is 19.6 Å². The number of anilines is 1. The molecule has 1 unspecified atom stereocenters. The number of nitrogens with one attached hydrogen (secondary N) is 2. The molecule has 1 aromatic rings. The van der Waals surface area contributed by atoms with Crippen LogP contribution in [0.5, 0.6) is 0 Å². The highest BCUT2D eigenvalue weighted by Gasteiger charge is 2.21. The number of aromatic amines is 1. The third kappa shape index (κ3) is 8.31. The van der Waals surface area contributed by atoms with Crippen LogP contribution in [0.15, 0.2) is 80.4 Å². The van der Waals surface area contributed by atoms with E-state index in [1.54, 1.807) is 29.6 Å². The van der Waals surface area contributed by atoms with Crippen LogP contribution in [0.3, 0.4) is 0 Å². The molecule has 2 saturated heterocycles. The fraction of sp³-hybridized carbons (Fsp3) is 0.419. The van der Waals surface area contributed by atoms with E-state index in [0.717, 1.165) is 95.5 Å². The molecule has 41 heavy (non-hydrogen) atoms. The number of allylic oxidation sites excluding steroid dienone is 6. The normalized spacial score (nSPS) is 23.4. The lowest BCUT2D eigenvalue weighted by atomic mass is 10.1. The molecule has 1 aromatic heterocycles. The van der Waals surface area contributed by atoms with Crippen molar-refractivity contribution < 1.29 is 9.47 Å². The van der Waals surface area contributed by atoms with Crippen LogP contribution < -0.4 is 15.8 Å². The molecule has 2 fully saturated rings. The van der Waals surface area contributed by atoms with E-state index in [-0.39, 0.29) is 11.6 Å². The van der Waals surface area contributed by atoms with Gasteiger partial charge in [0.2, 0.25) is 5.56 Å². The van der Waals surface area contributed by atoms with E-state index >= 15 is 0 Å². The molecular formula is C31H37N5O3S2. The molecule has 4 aliphatic rings. The van der Waals surface area contributed by atoms with Gasteiger partial charge in [0.1, 0.15) is 0 Å². The van der Waals surface area contributed by atoms with Gasteiger partial charge in [-0.1, -0.05) is 42.6 Å². The van der Waals surface area contributed by atoms with E-state index in [4.69, 9.17) is 9.47 Å². The lowest BCUT2D eigenvalue weighted by molar-refractivity contribution is 0.0343.